The lowest BCUT2D eigenvalue weighted by Gasteiger charge is -2.16. The molecule has 0 fully saturated rings. The van der Waals surface area contributed by atoms with Gasteiger partial charge in [0.2, 0.25) is 6.29 Å². The first-order valence-corrected chi connectivity index (χ1v) is 7.87. The Hall–Kier alpha value is -2.17. The van der Waals surface area contributed by atoms with E-state index in [-0.39, 0.29) is 0 Å². The predicted molar refractivity (Wildman–Crippen MR) is 89.6 cm³/mol. The lowest BCUT2D eigenvalue weighted by Crippen LogP contribution is -2.36. The Morgan fingerprint density at radius 3 is 2.17 bits per heavy atom. The largest absolute Gasteiger partial charge is 0.435 e. The predicted octanol–water partition coefficient (Wildman–Crippen LogP) is 2.44. The summed E-state index contributed by atoms with van der Waals surface area (Å²) < 4.78 is 5.01. The standard InChI is InChI=1S/C19H23NO3/c20-17(14-16-10-5-2-6-11-16)19(22)23-18(21)13-7-12-15-8-3-1-4-9-15/h1-6,8-11,17-18,21H,7,12-14,20H2/t17-,18?/m0/s1. The lowest BCUT2D eigenvalue weighted by atomic mass is 10.1. The third-order valence-corrected chi connectivity index (χ3v) is 3.61. The van der Waals surface area contributed by atoms with Crippen molar-refractivity contribution in [3.05, 3.63) is 71.8 Å². The van der Waals surface area contributed by atoms with Gasteiger partial charge in [-0.05, 0) is 30.4 Å². The van der Waals surface area contributed by atoms with Gasteiger partial charge in [-0.3, -0.25) is 4.79 Å². The van der Waals surface area contributed by atoms with Crippen molar-refractivity contribution in [3.63, 3.8) is 0 Å². The maximum absolute atomic E-state index is 11.9. The molecule has 0 aliphatic carbocycles. The minimum absolute atomic E-state index is 0.399. The van der Waals surface area contributed by atoms with Gasteiger partial charge in [-0.2, -0.15) is 0 Å². The van der Waals surface area contributed by atoms with Gasteiger partial charge in [0.25, 0.3) is 0 Å². The Labute approximate surface area is 136 Å². The van der Waals surface area contributed by atoms with Crippen molar-refractivity contribution in [1.82, 2.24) is 0 Å². The summed E-state index contributed by atoms with van der Waals surface area (Å²) in [4.78, 5) is 11.9. The van der Waals surface area contributed by atoms with Crippen LogP contribution in [0.5, 0.6) is 0 Å². The summed E-state index contributed by atoms with van der Waals surface area (Å²) in [5.41, 5.74) is 8.00. The van der Waals surface area contributed by atoms with Crippen LogP contribution in [0.15, 0.2) is 60.7 Å². The van der Waals surface area contributed by atoms with Crippen LogP contribution in [0.3, 0.4) is 0 Å². The normalized spacial score (nSPS) is 13.3. The molecule has 0 aliphatic heterocycles. The molecule has 1 unspecified atom stereocenters. The summed E-state index contributed by atoms with van der Waals surface area (Å²) in [5.74, 6) is -0.568. The van der Waals surface area contributed by atoms with Crippen LogP contribution in [0.2, 0.25) is 0 Å². The average molecular weight is 313 g/mol. The van der Waals surface area contributed by atoms with Gasteiger partial charge < -0.3 is 15.6 Å². The fourth-order valence-electron chi connectivity index (χ4n) is 2.36. The quantitative estimate of drug-likeness (QED) is 0.580. The first kappa shape index (κ1) is 17.2. The number of esters is 1. The molecule has 0 saturated heterocycles. The van der Waals surface area contributed by atoms with Gasteiger partial charge in [-0.15, -0.1) is 0 Å². The number of aliphatic hydroxyl groups excluding tert-OH is 1. The summed E-state index contributed by atoms with van der Waals surface area (Å²) in [7, 11) is 0. The summed E-state index contributed by atoms with van der Waals surface area (Å²) in [5, 5.41) is 9.81. The second kappa shape index (κ2) is 9.08. The van der Waals surface area contributed by atoms with Gasteiger partial charge in [0.15, 0.2) is 0 Å². The number of carbonyl (C=O) groups excluding carboxylic acids is 1. The third kappa shape index (κ3) is 6.22. The van der Waals surface area contributed by atoms with Crippen LogP contribution in [0.1, 0.15) is 24.0 Å². The van der Waals surface area contributed by atoms with E-state index in [2.05, 4.69) is 0 Å². The van der Waals surface area contributed by atoms with Crippen molar-refractivity contribution in [2.45, 2.75) is 38.0 Å². The van der Waals surface area contributed by atoms with Crippen molar-refractivity contribution in [2.24, 2.45) is 5.73 Å². The molecule has 0 aromatic heterocycles. The SMILES string of the molecule is N[C@@H](Cc1ccccc1)C(=O)OC(O)CCCc1ccccc1. The van der Waals surface area contributed by atoms with Gasteiger partial charge in [0, 0.05) is 6.42 Å². The molecule has 0 bridgehead atoms. The fraction of sp³-hybridized carbons (Fsp3) is 0.316. The Bertz CT molecular complexity index is 586. The number of hydrogen-bond donors (Lipinski definition) is 2. The van der Waals surface area contributed by atoms with E-state index >= 15 is 0 Å². The van der Waals surface area contributed by atoms with E-state index in [1.54, 1.807) is 0 Å². The summed E-state index contributed by atoms with van der Waals surface area (Å²) >= 11 is 0. The number of carbonyl (C=O) groups is 1. The van der Waals surface area contributed by atoms with Crippen LogP contribution in [0.4, 0.5) is 0 Å². The van der Waals surface area contributed by atoms with E-state index in [9.17, 15) is 9.90 Å². The number of aliphatic hydroxyl groups is 1. The highest BCUT2D eigenvalue weighted by Crippen LogP contribution is 2.09. The maximum atomic E-state index is 11.9. The van der Waals surface area contributed by atoms with Gasteiger partial charge >= 0.3 is 5.97 Å². The van der Waals surface area contributed by atoms with Crippen molar-refractivity contribution < 1.29 is 14.6 Å². The number of rotatable bonds is 8. The molecule has 0 spiro atoms. The number of benzene rings is 2. The third-order valence-electron chi connectivity index (χ3n) is 3.61. The monoisotopic (exact) mass is 313 g/mol. The van der Waals surface area contributed by atoms with Crippen LogP contribution >= 0.6 is 0 Å². The number of hydrogen-bond acceptors (Lipinski definition) is 4. The molecule has 0 radical (unpaired) electrons. The second-order valence-electron chi connectivity index (χ2n) is 5.57. The van der Waals surface area contributed by atoms with Crippen LogP contribution in [0, 0.1) is 0 Å². The van der Waals surface area contributed by atoms with E-state index in [1.165, 1.54) is 5.56 Å². The van der Waals surface area contributed by atoms with Gasteiger partial charge in [0.1, 0.15) is 6.04 Å². The molecule has 122 valence electrons. The van der Waals surface area contributed by atoms with Crippen molar-refractivity contribution in [1.29, 1.82) is 0 Å². The summed E-state index contributed by atoms with van der Waals surface area (Å²) in [6.45, 7) is 0. The summed E-state index contributed by atoms with van der Waals surface area (Å²) in [6.07, 6.45) is 1.28. The lowest BCUT2D eigenvalue weighted by molar-refractivity contribution is -0.170. The number of nitrogens with two attached hydrogens (primary N) is 1. The van der Waals surface area contributed by atoms with E-state index in [0.717, 1.165) is 18.4 Å². The highest BCUT2D eigenvalue weighted by atomic mass is 16.6. The molecule has 4 nitrogen and oxygen atoms in total. The zero-order chi connectivity index (χ0) is 16.5. The topological polar surface area (TPSA) is 72.6 Å². The molecule has 2 rings (SSSR count). The Morgan fingerprint density at radius 2 is 1.57 bits per heavy atom. The highest BCUT2D eigenvalue weighted by molar-refractivity contribution is 5.76. The molecule has 0 heterocycles. The van der Waals surface area contributed by atoms with Crippen molar-refractivity contribution in [2.75, 3.05) is 0 Å². The smallest absolute Gasteiger partial charge is 0.325 e. The Morgan fingerprint density at radius 1 is 1.00 bits per heavy atom. The molecule has 0 saturated carbocycles. The molecule has 0 amide bonds. The van der Waals surface area contributed by atoms with Gasteiger partial charge in [-0.1, -0.05) is 60.7 Å². The average Bonchev–Trinajstić information content (AvgIpc) is 2.56. The van der Waals surface area contributed by atoms with Gasteiger partial charge in [-0.25, -0.2) is 0 Å². The van der Waals surface area contributed by atoms with Crippen LogP contribution in [-0.2, 0) is 22.4 Å². The second-order valence-corrected chi connectivity index (χ2v) is 5.57. The molecule has 23 heavy (non-hydrogen) atoms. The van der Waals surface area contributed by atoms with Crippen LogP contribution in [0.25, 0.3) is 0 Å². The van der Waals surface area contributed by atoms with Gasteiger partial charge in [0.05, 0.1) is 0 Å². The molecular formula is C19H23NO3. The van der Waals surface area contributed by atoms with E-state index < -0.39 is 18.3 Å². The molecule has 3 N–H and O–H groups in total. The minimum Gasteiger partial charge on any atom is -0.435 e. The highest BCUT2D eigenvalue weighted by Gasteiger charge is 2.19. The van der Waals surface area contributed by atoms with E-state index in [1.807, 2.05) is 60.7 Å². The van der Waals surface area contributed by atoms with Crippen LogP contribution < -0.4 is 5.73 Å². The maximum Gasteiger partial charge on any atom is 0.325 e. The van der Waals surface area contributed by atoms with Crippen LogP contribution in [-0.4, -0.2) is 23.4 Å². The number of aryl methyl sites for hydroxylation is 1. The minimum atomic E-state index is -1.10. The van der Waals surface area contributed by atoms with Crippen molar-refractivity contribution in [3.8, 4) is 0 Å². The fourth-order valence-corrected chi connectivity index (χ4v) is 2.36. The first-order valence-electron chi connectivity index (χ1n) is 7.87. The van der Waals surface area contributed by atoms with E-state index in [0.29, 0.717) is 12.8 Å². The Kier molecular flexibility index (Phi) is 6.78. The zero-order valence-corrected chi connectivity index (χ0v) is 13.1. The van der Waals surface area contributed by atoms with E-state index in [4.69, 9.17) is 10.5 Å². The first-order chi connectivity index (χ1) is 11.1. The zero-order valence-electron chi connectivity index (χ0n) is 13.1. The van der Waals surface area contributed by atoms with Crippen molar-refractivity contribution >= 4 is 5.97 Å². The molecule has 2 aromatic rings. The number of ether oxygens (including phenoxy) is 1. The molecule has 2 aromatic carbocycles. The molecule has 0 aliphatic rings. The Balaban J connectivity index is 1.69. The summed E-state index contributed by atoms with van der Waals surface area (Å²) in [6, 6.07) is 18.7. The molecule has 2 atom stereocenters. The molecule has 4 heteroatoms. The molecular weight excluding hydrogens is 290 g/mol.